The molecule has 0 saturated heterocycles. The van der Waals surface area contributed by atoms with Crippen molar-refractivity contribution >= 4 is 16.6 Å². The van der Waals surface area contributed by atoms with E-state index in [9.17, 15) is 15.0 Å². The van der Waals surface area contributed by atoms with E-state index in [4.69, 9.17) is 0 Å². The number of hydrogen-bond donors (Lipinski definition) is 2. The van der Waals surface area contributed by atoms with Gasteiger partial charge in [0.2, 0.25) is 0 Å². The highest BCUT2D eigenvalue weighted by molar-refractivity contribution is 6.06. The molecule has 0 aliphatic carbocycles. The van der Waals surface area contributed by atoms with E-state index >= 15 is 0 Å². The number of ketones is 1. The van der Waals surface area contributed by atoms with Crippen LogP contribution in [0, 0.1) is 0 Å². The van der Waals surface area contributed by atoms with Gasteiger partial charge in [0.25, 0.3) is 0 Å². The molecule has 82 valence electrons. The van der Waals surface area contributed by atoms with Gasteiger partial charge in [0.1, 0.15) is 11.5 Å². The van der Waals surface area contributed by atoms with Gasteiger partial charge in [0.05, 0.1) is 5.56 Å². The summed E-state index contributed by atoms with van der Waals surface area (Å²) in [5.41, 5.74) is 0.179. The van der Waals surface area contributed by atoms with Crippen LogP contribution in [0.4, 0.5) is 0 Å². The SMILES string of the molecule is CCC(=O)c1cc(O)c2ccccc2c1O. The smallest absolute Gasteiger partial charge is 0.166 e. The third-order valence-corrected chi connectivity index (χ3v) is 2.62. The van der Waals surface area contributed by atoms with Crippen LogP contribution in [0.1, 0.15) is 23.7 Å². The van der Waals surface area contributed by atoms with Crippen molar-refractivity contribution in [2.24, 2.45) is 0 Å². The Kier molecular flexibility index (Phi) is 2.52. The highest BCUT2D eigenvalue weighted by Crippen LogP contribution is 2.35. The Morgan fingerprint density at radius 3 is 2.44 bits per heavy atom. The van der Waals surface area contributed by atoms with Crippen molar-refractivity contribution in [2.45, 2.75) is 13.3 Å². The van der Waals surface area contributed by atoms with Crippen LogP contribution in [0.3, 0.4) is 0 Å². The number of hydrogen-bond acceptors (Lipinski definition) is 3. The van der Waals surface area contributed by atoms with Crippen LogP contribution in [0.15, 0.2) is 30.3 Å². The van der Waals surface area contributed by atoms with Gasteiger partial charge >= 0.3 is 0 Å². The Morgan fingerprint density at radius 2 is 1.81 bits per heavy atom. The van der Waals surface area contributed by atoms with Crippen LogP contribution >= 0.6 is 0 Å². The lowest BCUT2D eigenvalue weighted by atomic mass is 10.0. The number of fused-ring (bicyclic) bond motifs is 1. The molecular weight excluding hydrogens is 204 g/mol. The summed E-state index contributed by atoms with van der Waals surface area (Å²) in [4.78, 5) is 11.6. The maximum atomic E-state index is 11.6. The molecule has 0 radical (unpaired) electrons. The number of phenols is 2. The summed E-state index contributed by atoms with van der Waals surface area (Å²) in [6.45, 7) is 1.72. The molecule has 3 nitrogen and oxygen atoms in total. The van der Waals surface area contributed by atoms with Gasteiger partial charge < -0.3 is 10.2 Å². The lowest BCUT2D eigenvalue weighted by Crippen LogP contribution is -1.97. The van der Waals surface area contributed by atoms with Crippen molar-refractivity contribution in [3.05, 3.63) is 35.9 Å². The molecule has 0 fully saturated rings. The fourth-order valence-corrected chi connectivity index (χ4v) is 1.74. The average Bonchev–Trinajstić information content (AvgIpc) is 2.33. The fraction of sp³-hybridized carbons (Fsp3) is 0.154. The van der Waals surface area contributed by atoms with Crippen molar-refractivity contribution < 1.29 is 15.0 Å². The molecule has 16 heavy (non-hydrogen) atoms. The standard InChI is InChI=1S/C13H12O3/c1-2-11(14)10-7-12(15)8-5-3-4-6-9(8)13(10)16/h3-7,15-16H,2H2,1H3. The second kappa shape index (κ2) is 3.85. The number of rotatable bonds is 2. The predicted molar refractivity (Wildman–Crippen MR) is 61.9 cm³/mol. The minimum atomic E-state index is -0.182. The zero-order valence-electron chi connectivity index (χ0n) is 8.90. The van der Waals surface area contributed by atoms with E-state index in [1.807, 2.05) is 0 Å². The van der Waals surface area contributed by atoms with Crippen LogP contribution < -0.4 is 0 Å². The van der Waals surface area contributed by atoms with E-state index in [1.54, 1.807) is 31.2 Å². The number of carbonyl (C=O) groups excluding carboxylic acids is 1. The molecule has 2 aromatic rings. The van der Waals surface area contributed by atoms with E-state index in [2.05, 4.69) is 0 Å². The maximum absolute atomic E-state index is 11.6. The molecule has 0 aromatic heterocycles. The molecule has 0 bridgehead atoms. The molecule has 0 saturated carbocycles. The zero-order valence-corrected chi connectivity index (χ0v) is 8.90. The summed E-state index contributed by atoms with van der Waals surface area (Å²) in [7, 11) is 0. The van der Waals surface area contributed by atoms with Crippen molar-refractivity contribution in [1.82, 2.24) is 0 Å². The molecule has 0 aliphatic heterocycles. The first-order valence-electron chi connectivity index (χ1n) is 5.12. The topological polar surface area (TPSA) is 57.5 Å². The molecule has 0 unspecified atom stereocenters. The quantitative estimate of drug-likeness (QED) is 0.599. The van der Waals surface area contributed by atoms with Gasteiger partial charge in [0, 0.05) is 17.2 Å². The molecule has 2 aromatic carbocycles. The van der Waals surface area contributed by atoms with E-state index in [1.165, 1.54) is 6.07 Å². The Morgan fingerprint density at radius 1 is 1.19 bits per heavy atom. The fourth-order valence-electron chi connectivity index (χ4n) is 1.74. The first-order valence-corrected chi connectivity index (χ1v) is 5.12. The summed E-state index contributed by atoms with van der Waals surface area (Å²) < 4.78 is 0. The first-order chi connectivity index (χ1) is 7.65. The Bertz CT molecular complexity index is 558. The predicted octanol–water partition coefficient (Wildman–Crippen LogP) is 2.84. The van der Waals surface area contributed by atoms with Crippen LogP contribution in [0.2, 0.25) is 0 Å². The summed E-state index contributed by atoms with van der Waals surface area (Å²) >= 11 is 0. The second-order valence-corrected chi connectivity index (χ2v) is 3.61. The summed E-state index contributed by atoms with van der Waals surface area (Å²) in [5, 5.41) is 20.7. The number of aromatic hydroxyl groups is 2. The van der Waals surface area contributed by atoms with Gasteiger partial charge in [-0.1, -0.05) is 31.2 Å². The van der Waals surface area contributed by atoms with E-state index in [0.717, 1.165) is 0 Å². The minimum absolute atomic E-state index is 0.0187. The van der Waals surface area contributed by atoms with Crippen LogP contribution in [-0.2, 0) is 0 Å². The molecule has 0 heterocycles. The van der Waals surface area contributed by atoms with E-state index in [0.29, 0.717) is 17.2 Å². The third kappa shape index (κ3) is 1.50. The monoisotopic (exact) mass is 216 g/mol. The lowest BCUT2D eigenvalue weighted by Gasteiger charge is -2.08. The molecule has 0 amide bonds. The second-order valence-electron chi connectivity index (χ2n) is 3.61. The Balaban J connectivity index is 2.80. The maximum Gasteiger partial charge on any atom is 0.166 e. The third-order valence-electron chi connectivity index (χ3n) is 2.62. The number of carbonyl (C=O) groups is 1. The molecule has 0 aliphatic rings. The molecule has 2 N–H and O–H groups in total. The normalized spacial score (nSPS) is 10.6. The molecule has 0 atom stereocenters. The van der Waals surface area contributed by atoms with Gasteiger partial charge in [0.15, 0.2) is 5.78 Å². The molecule has 3 heteroatoms. The van der Waals surface area contributed by atoms with Crippen molar-refractivity contribution in [1.29, 1.82) is 0 Å². The highest BCUT2D eigenvalue weighted by Gasteiger charge is 2.14. The molecular formula is C13H12O3. The Labute approximate surface area is 93.0 Å². The first kappa shape index (κ1) is 10.5. The molecule has 2 rings (SSSR count). The highest BCUT2D eigenvalue weighted by atomic mass is 16.3. The van der Waals surface area contributed by atoms with Gasteiger partial charge in [-0.2, -0.15) is 0 Å². The van der Waals surface area contributed by atoms with Crippen LogP contribution in [0.25, 0.3) is 10.8 Å². The summed E-state index contributed by atoms with van der Waals surface area (Å²) in [6.07, 6.45) is 0.297. The number of phenolic OH excluding ortho intramolecular Hbond substituents is 2. The Hall–Kier alpha value is -2.03. The van der Waals surface area contributed by atoms with Crippen LogP contribution in [0.5, 0.6) is 11.5 Å². The lowest BCUT2D eigenvalue weighted by molar-refractivity contribution is 0.0985. The summed E-state index contributed by atoms with van der Waals surface area (Å²) in [6, 6.07) is 8.22. The van der Waals surface area contributed by atoms with Gasteiger partial charge in [-0.3, -0.25) is 4.79 Å². The van der Waals surface area contributed by atoms with Gasteiger partial charge in [-0.05, 0) is 6.07 Å². The van der Waals surface area contributed by atoms with E-state index < -0.39 is 0 Å². The van der Waals surface area contributed by atoms with E-state index in [-0.39, 0.29) is 22.8 Å². The van der Waals surface area contributed by atoms with Gasteiger partial charge in [-0.15, -0.1) is 0 Å². The summed E-state index contributed by atoms with van der Waals surface area (Å²) in [5.74, 6) is -0.219. The van der Waals surface area contributed by atoms with Crippen molar-refractivity contribution in [2.75, 3.05) is 0 Å². The largest absolute Gasteiger partial charge is 0.507 e. The number of benzene rings is 2. The van der Waals surface area contributed by atoms with Crippen molar-refractivity contribution in [3.8, 4) is 11.5 Å². The van der Waals surface area contributed by atoms with Crippen molar-refractivity contribution in [3.63, 3.8) is 0 Å². The van der Waals surface area contributed by atoms with Gasteiger partial charge in [-0.25, -0.2) is 0 Å². The number of Topliss-reactive ketones (excluding diaryl/α,β-unsaturated/α-hetero) is 1. The average molecular weight is 216 g/mol. The van der Waals surface area contributed by atoms with Crippen LogP contribution in [-0.4, -0.2) is 16.0 Å². The zero-order chi connectivity index (χ0) is 11.7. The molecule has 0 spiro atoms. The minimum Gasteiger partial charge on any atom is -0.507 e.